The topological polar surface area (TPSA) is 38.0 Å². The first-order chi connectivity index (χ1) is 4.40. The SMILES string of the molecule is NNC1C[C@@H]2CC[C@H]1C2. The highest BCUT2D eigenvalue weighted by Gasteiger charge is 2.38. The fourth-order valence-corrected chi connectivity index (χ4v) is 2.45. The molecule has 0 amide bonds. The molecule has 2 rings (SSSR count). The third-order valence-electron chi connectivity index (χ3n) is 2.95. The van der Waals surface area contributed by atoms with Crippen LogP contribution in [0.4, 0.5) is 0 Å². The lowest BCUT2D eigenvalue weighted by atomic mass is 9.96. The number of nitrogens with two attached hydrogens (primary N) is 1. The zero-order valence-electron chi connectivity index (χ0n) is 5.64. The lowest BCUT2D eigenvalue weighted by Crippen LogP contribution is -2.38. The molecule has 2 bridgehead atoms. The van der Waals surface area contributed by atoms with E-state index < -0.39 is 0 Å². The molecule has 0 radical (unpaired) electrons. The third kappa shape index (κ3) is 0.775. The van der Waals surface area contributed by atoms with E-state index in [1.54, 1.807) is 0 Å². The lowest BCUT2D eigenvalue weighted by Gasteiger charge is -2.19. The normalized spacial score (nSPS) is 48.3. The molecule has 2 nitrogen and oxygen atoms in total. The maximum Gasteiger partial charge on any atom is 0.0241 e. The minimum Gasteiger partial charge on any atom is -0.271 e. The van der Waals surface area contributed by atoms with Crippen LogP contribution in [0.1, 0.15) is 25.7 Å². The second kappa shape index (κ2) is 1.96. The average Bonchev–Trinajstić information content (AvgIpc) is 2.45. The number of rotatable bonds is 1. The molecule has 9 heavy (non-hydrogen) atoms. The zero-order chi connectivity index (χ0) is 6.27. The molecule has 3 N–H and O–H groups in total. The Kier molecular flexibility index (Phi) is 1.24. The number of hydrogen-bond donors (Lipinski definition) is 2. The summed E-state index contributed by atoms with van der Waals surface area (Å²) in [6.45, 7) is 0. The van der Waals surface area contributed by atoms with Gasteiger partial charge in [0.05, 0.1) is 0 Å². The van der Waals surface area contributed by atoms with Gasteiger partial charge in [0.1, 0.15) is 0 Å². The Morgan fingerprint density at radius 1 is 1.22 bits per heavy atom. The van der Waals surface area contributed by atoms with Gasteiger partial charge in [-0.2, -0.15) is 0 Å². The van der Waals surface area contributed by atoms with Crippen LogP contribution in [0.25, 0.3) is 0 Å². The summed E-state index contributed by atoms with van der Waals surface area (Å²) in [6.07, 6.45) is 5.65. The molecule has 2 aliphatic carbocycles. The summed E-state index contributed by atoms with van der Waals surface area (Å²) >= 11 is 0. The highest BCUT2D eigenvalue weighted by molar-refractivity contribution is 4.92. The standard InChI is InChI=1S/C7H14N2/c8-9-7-4-5-1-2-6(7)3-5/h5-7,9H,1-4,8H2/t5-,6+,7?/m1/s1. The van der Waals surface area contributed by atoms with Crippen molar-refractivity contribution in [2.24, 2.45) is 17.7 Å². The van der Waals surface area contributed by atoms with Crippen LogP contribution in [0.5, 0.6) is 0 Å². The monoisotopic (exact) mass is 126 g/mol. The summed E-state index contributed by atoms with van der Waals surface area (Å²) in [4.78, 5) is 0. The summed E-state index contributed by atoms with van der Waals surface area (Å²) in [6, 6.07) is 0.656. The van der Waals surface area contributed by atoms with E-state index in [9.17, 15) is 0 Å². The Morgan fingerprint density at radius 3 is 2.44 bits per heavy atom. The molecule has 0 aromatic carbocycles. The van der Waals surface area contributed by atoms with Gasteiger partial charge in [0.15, 0.2) is 0 Å². The van der Waals surface area contributed by atoms with Crippen molar-refractivity contribution in [2.75, 3.05) is 0 Å². The number of hydrazine groups is 1. The van der Waals surface area contributed by atoms with Crippen molar-refractivity contribution >= 4 is 0 Å². The van der Waals surface area contributed by atoms with Gasteiger partial charge in [-0.15, -0.1) is 0 Å². The molecule has 0 heterocycles. The van der Waals surface area contributed by atoms with Crippen molar-refractivity contribution < 1.29 is 0 Å². The highest BCUT2D eigenvalue weighted by Crippen LogP contribution is 2.43. The molecule has 3 atom stereocenters. The third-order valence-corrected chi connectivity index (χ3v) is 2.95. The summed E-state index contributed by atoms with van der Waals surface area (Å²) in [7, 11) is 0. The van der Waals surface area contributed by atoms with Gasteiger partial charge in [-0.1, -0.05) is 6.42 Å². The van der Waals surface area contributed by atoms with Crippen molar-refractivity contribution in [2.45, 2.75) is 31.7 Å². The van der Waals surface area contributed by atoms with Gasteiger partial charge >= 0.3 is 0 Å². The van der Waals surface area contributed by atoms with Crippen molar-refractivity contribution in [3.05, 3.63) is 0 Å². The van der Waals surface area contributed by atoms with Crippen molar-refractivity contribution in [3.63, 3.8) is 0 Å². The Hall–Kier alpha value is -0.0800. The van der Waals surface area contributed by atoms with E-state index in [1.807, 2.05) is 0 Å². The molecule has 0 aromatic heterocycles. The second-order valence-corrected chi connectivity index (χ2v) is 3.45. The molecule has 2 fully saturated rings. The van der Waals surface area contributed by atoms with Crippen LogP contribution in [0.15, 0.2) is 0 Å². The minimum absolute atomic E-state index is 0.656. The fraction of sp³-hybridized carbons (Fsp3) is 1.00. The zero-order valence-corrected chi connectivity index (χ0v) is 5.64. The van der Waals surface area contributed by atoms with Crippen molar-refractivity contribution in [1.29, 1.82) is 0 Å². The number of hydrogen-bond acceptors (Lipinski definition) is 2. The second-order valence-electron chi connectivity index (χ2n) is 3.45. The Balaban J connectivity index is 2.01. The van der Waals surface area contributed by atoms with E-state index in [1.165, 1.54) is 25.7 Å². The van der Waals surface area contributed by atoms with Gasteiger partial charge in [0.2, 0.25) is 0 Å². The fourth-order valence-electron chi connectivity index (χ4n) is 2.45. The molecule has 0 spiro atoms. The first-order valence-corrected chi connectivity index (χ1v) is 3.86. The van der Waals surface area contributed by atoms with Gasteiger partial charge in [-0.25, -0.2) is 0 Å². The maximum atomic E-state index is 5.37. The largest absolute Gasteiger partial charge is 0.271 e. The Morgan fingerprint density at radius 2 is 2.11 bits per heavy atom. The molecule has 2 aliphatic rings. The minimum atomic E-state index is 0.656. The van der Waals surface area contributed by atoms with E-state index in [0.717, 1.165) is 11.8 Å². The first-order valence-electron chi connectivity index (χ1n) is 3.86. The van der Waals surface area contributed by atoms with E-state index >= 15 is 0 Å². The van der Waals surface area contributed by atoms with Gasteiger partial charge in [-0.3, -0.25) is 11.3 Å². The molecular formula is C7H14N2. The smallest absolute Gasteiger partial charge is 0.0241 e. The Labute approximate surface area is 55.8 Å². The van der Waals surface area contributed by atoms with Crippen LogP contribution in [0, 0.1) is 11.8 Å². The van der Waals surface area contributed by atoms with Crippen LogP contribution in [-0.2, 0) is 0 Å². The van der Waals surface area contributed by atoms with Crippen LogP contribution < -0.4 is 11.3 Å². The highest BCUT2D eigenvalue weighted by atomic mass is 15.2. The van der Waals surface area contributed by atoms with Crippen LogP contribution >= 0.6 is 0 Å². The molecule has 0 aromatic rings. The molecule has 0 aliphatic heterocycles. The molecule has 2 heteroatoms. The predicted molar refractivity (Wildman–Crippen MR) is 36.6 cm³/mol. The van der Waals surface area contributed by atoms with Crippen molar-refractivity contribution in [1.82, 2.24) is 5.43 Å². The van der Waals surface area contributed by atoms with Crippen LogP contribution in [0.2, 0.25) is 0 Å². The van der Waals surface area contributed by atoms with Gasteiger partial charge < -0.3 is 0 Å². The average molecular weight is 126 g/mol. The van der Waals surface area contributed by atoms with E-state index in [-0.39, 0.29) is 0 Å². The van der Waals surface area contributed by atoms with Gasteiger partial charge in [-0.05, 0) is 31.1 Å². The van der Waals surface area contributed by atoms with E-state index in [0.29, 0.717) is 6.04 Å². The van der Waals surface area contributed by atoms with Crippen LogP contribution in [-0.4, -0.2) is 6.04 Å². The number of fused-ring (bicyclic) bond motifs is 2. The molecule has 2 saturated carbocycles. The Bertz CT molecular complexity index is 113. The van der Waals surface area contributed by atoms with Gasteiger partial charge in [0.25, 0.3) is 0 Å². The lowest BCUT2D eigenvalue weighted by molar-refractivity contribution is 0.357. The molecule has 52 valence electrons. The summed E-state index contributed by atoms with van der Waals surface area (Å²) in [5.41, 5.74) is 2.90. The predicted octanol–water partition coefficient (Wildman–Crippen LogP) is 0.638. The maximum absolute atomic E-state index is 5.37. The number of nitrogens with one attached hydrogen (secondary N) is 1. The molecule has 0 saturated heterocycles. The molecular weight excluding hydrogens is 112 g/mol. The quantitative estimate of drug-likeness (QED) is 0.399. The summed E-state index contributed by atoms with van der Waals surface area (Å²) < 4.78 is 0. The first kappa shape index (κ1) is 5.69. The van der Waals surface area contributed by atoms with Gasteiger partial charge in [0, 0.05) is 6.04 Å². The summed E-state index contributed by atoms with van der Waals surface area (Å²) in [5, 5.41) is 0. The van der Waals surface area contributed by atoms with E-state index in [2.05, 4.69) is 5.43 Å². The molecule has 1 unspecified atom stereocenters. The summed E-state index contributed by atoms with van der Waals surface area (Å²) in [5.74, 6) is 7.30. The van der Waals surface area contributed by atoms with E-state index in [4.69, 9.17) is 5.84 Å². The van der Waals surface area contributed by atoms with Crippen molar-refractivity contribution in [3.8, 4) is 0 Å². The van der Waals surface area contributed by atoms with Crippen LogP contribution in [0.3, 0.4) is 0 Å².